The standard InChI is InChI=1S/C23H37N3O6/c1-15(2)7-5-8-16(3)9-6-10-17(4)11-12-26-13-19(24-25-26)32-23-22(30)21(29)20(28)18(14-27)31-23/h7,9,11,13,18,20-23,27-30H,5-6,8,10,12,14H2,1-4H3/b16-9+,17-11+/t18-,20+,21+,22-,23+/m1/s1. The van der Waals surface area contributed by atoms with E-state index in [1.165, 1.54) is 16.7 Å². The first-order valence-corrected chi connectivity index (χ1v) is 11.0. The highest BCUT2D eigenvalue weighted by Gasteiger charge is 2.44. The molecule has 180 valence electrons. The van der Waals surface area contributed by atoms with Crippen LogP contribution < -0.4 is 4.74 Å². The summed E-state index contributed by atoms with van der Waals surface area (Å²) in [5, 5.41) is 46.8. The Morgan fingerprint density at radius 3 is 2.31 bits per heavy atom. The van der Waals surface area contributed by atoms with E-state index in [0.717, 1.165) is 25.7 Å². The molecule has 0 saturated carbocycles. The van der Waals surface area contributed by atoms with E-state index >= 15 is 0 Å². The lowest BCUT2D eigenvalue weighted by molar-refractivity contribution is -0.278. The summed E-state index contributed by atoms with van der Waals surface area (Å²) in [6.07, 6.45) is 5.55. The smallest absolute Gasteiger partial charge is 0.255 e. The molecule has 0 radical (unpaired) electrons. The Kier molecular flexibility index (Phi) is 10.5. The molecule has 0 spiro atoms. The number of allylic oxidation sites excluding steroid dienone is 6. The van der Waals surface area contributed by atoms with Gasteiger partial charge in [0.05, 0.1) is 19.3 Å². The third-order valence-corrected chi connectivity index (χ3v) is 5.35. The van der Waals surface area contributed by atoms with Crippen molar-refractivity contribution < 1.29 is 29.9 Å². The van der Waals surface area contributed by atoms with Gasteiger partial charge in [-0.05, 0) is 53.4 Å². The summed E-state index contributed by atoms with van der Waals surface area (Å²) in [4.78, 5) is 0. The fourth-order valence-electron chi connectivity index (χ4n) is 3.30. The number of hydrogen-bond donors (Lipinski definition) is 4. The number of rotatable bonds is 11. The van der Waals surface area contributed by atoms with E-state index in [-0.39, 0.29) is 5.88 Å². The molecule has 1 aromatic rings. The third-order valence-electron chi connectivity index (χ3n) is 5.35. The van der Waals surface area contributed by atoms with Crippen LogP contribution >= 0.6 is 0 Å². The van der Waals surface area contributed by atoms with E-state index in [1.807, 2.05) is 0 Å². The summed E-state index contributed by atoms with van der Waals surface area (Å²) in [5.41, 5.74) is 4.00. The Balaban J connectivity index is 1.81. The van der Waals surface area contributed by atoms with Crippen LogP contribution in [0.5, 0.6) is 5.88 Å². The molecule has 4 N–H and O–H groups in total. The van der Waals surface area contributed by atoms with Gasteiger partial charge in [0.15, 0.2) is 0 Å². The van der Waals surface area contributed by atoms with Crippen LogP contribution in [0.15, 0.2) is 41.1 Å². The van der Waals surface area contributed by atoms with Gasteiger partial charge in [0.1, 0.15) is 24.4 Å². The average molecular weight is 452 g/mol. The van der Waals surface area contributed by atoms with Crippen LogP contribution in [0, 0.1) is 0 Å². The molecule has 5 atom stereocenters. The second kappa shape index (κ2) is 12.9. The Morgan fingerprint density at radius 2 is 1.66 bits per heavy atom. The van der Waals surface area contributed by atoms with E-state index in [4.69, 9.17) is 9.47 Å². The fraction of sp³-hybridized carbons (Fsp3) is 0.652. The molecule has 9 heteroatoms. The monoisotopic (exact) mass is 451 g/mol. The van der Waals surface area contributed by atoms with Crippen LogP contribution in [-0.4, -0.2) is 72.7 Å². The van der Waals surface area contributed by atoms with Gasteiger partial charge in [0.25, 0.3) is 5.88 Å². The Hall–Kier alpha value is -2.04. The van der Waals surface area contributed by atoms with Crippen molar-refractivity contribution in [2.24, 2.45) is 0 Å². The summed E-state index contributed by atoms with van der Waals surface area (Å²) in [6.45, 7) is 8.48. The summed E-state index contributed by atoms with van der Waals surface area (Å²) in [7, 11) is 0. The van der Waals surface area contributed by atoms with Crippen molar-refractivity contribution in [2.45, 2.75) is 90.6 Å². The zero-order valence-corrected chi connectivity index (χ0v) is 19.4. The van der Waals surface area contributed by atoms with Gasteiger partial charge in [-0.15, -0.1) is 0 Å². The summed E-state index contributed by atoms with van der Waals surface area (Å²) >= 11 is 0. The van der Waals surface area contributed by atoms with Crippen LogP contribution in [-0.2, 0) is 11.3 Å². The first-order chi connectivity index (χ1) is 15.2. The van der Waals surface area contributed by atoms with Crippen LogP contribution in [0.1, 0.15) is 53.4 Å². The molecule has 2 rings (SSSR count). The van der Waals surface area contributed by atoms with Crippen molar-refractivity contribution >= 4 is 0 Å². The molecule has 1 fully saturated rings. The summed E-state index contributed by atoms with van der Waals surface area (Å²) < 4.78 is 12.4. The first-order valence-electron chi connectivity index (χ1n) is 11.0. The topological polar surface area (TPSA) is 130 Å². The van der Waals surface area contributed by atoms with Gasteiger partial charge < -0.3 is 29.9 Å². The van der Waals surface area contributed by atoms with E-state index < -0.39 is 37.3 Å². The van der Waals surface area contributed by atoms with Gasteiger partial charge in [-0.25, -0.2) is 4.68 Å². The molecule has 32 heavy (non-hydrogen) atoms. The van der Waals surface area contributed by atoms with Gasteiger partial charge in [-0.1, -0.05) is 45.3 Å². The van der Waals surface area contributed by atoms with Crippen LogP contribution in [0.2, 0.25) is 0 Å². The molecule has 0 unspecified atom stereocenters. The SMILES string of the molecule is CC(C)=CCC/C(C)=C/CC/C(C)=C/Cn1cc(O[C@@H]2O[C@H](CO)[C@H](O)[C@H](O)[C@H]2O)nn1. The molecule has 0 bridgehead atoms. The number of nitrogens with zero attached hydrogens (tertiary/aromatic N) is 3. The molecule has 0 aliphatic carbocycles. The first kappa shape index (κ1) is 26.2. The zero-order valence-electron chi connectivity index (χ0n) is 19.4. The Labute approximate surface area is 189 Å². The van der Waals surface area contributed by atoms with Crippen LogP contribution in [0.25, 0.3) is 0 Å². The largest absolute Gasteiger partial charge is 0.443 e. The Morgan fingerprint density at radius 1 is 1.00 bits per heavy atom. The van der Waals surface area contributed by atoms with Crippen molar-refractivity contribution in [1.82, 2.24) is 15.0 Å². The van der Waals surface area contributed by atoms with Crippen molar-refractivity contribution in [3.8, 4) is 5.88 Å². The average Bonchev–Trinajstić information content (AvgIpc) is 3.19. The molecular weight excluding hydrogens is 414 g/mol. The molecule has 1 saturated heterocycles. The fourth-order valence-corrected chi connectivity index (χ4v) is 3.30. The van der Waals surface area contributed by atoms with E-state index in [9.17, 15) is 20.4 Å². The van der Waals surface area contributed by atoms with Crippen molar-refractivity contribution in [3.63, 3.8) is 0 Å². The molecule has 2 heterocycles. The summed E-state index contributed by atoms with van der Waals surface area (Å²) in [5.74, 6) is 0.107. The number of aromatic nitrogens is 3. The molecule has 0 aromatic carbocycles. The maximum Gasteiger partial charge on any atom is 0.255 e. The maximum absolute atomic E-state index is 10.0. The number of aliphatic hydroxyl groups is 4. The third kappa shape index (κ3) is 8.14. The zero-order chi connectivity index (χ0) is 23.7. The highest BCUT2D eigenvalue weighted by atomic mass is 16.7. The van der Waals surface area contributed by atoms with Gasteiger partial charge in [-0.3, -0.25) is 0 Å². The van der Waals surface area contributed by atoms with Crippen molar-refractivity contribution in [1.29, 1.82) is 0 Å². The van der Waals surface area contributed by atoms with Gasteiger partial charge in [-0.2, -0.15) is 0 Å². The summed E-state index contributed by atoms with van der Waals surface area (Å²) in [6, 6.07) is 0. The van der Waals surface area contributed by atoms with Gasteiger partial charge in [0, 0.05) is 0 Å². The number of ether oxygens (including phenoxy) is 2. The highest BCUT2D eigenvalue weighted by molar-refractivity contribution is 5.07. The minimum Gasteiger partial charge on any atom is -0.443 e. The van der Waals surface area contributed by atoms with E-state index in [0.29, 0.717) is 6.54 Å². The second-order valence-electron chi connectivity index (χ2n) is 8.55. The number of hydrogen-bond acceptors (Lipinski definition) is 8. The minimum atomic E-state index is -1.50. The second-order valence-corrected chi connectivity index (χ2v) is 8.55. The highest BCUT2D eigenvalue weighted by Crippen LogP contribution is 2.23. The van der Waals surface area contributed by atoms with Gasteiger partial charge >= 0.3 is 0 Å². The van der Waals surface area contributed by atoms with Gasteiger partial charge in [0.2, 0.25) is 6.29 Å². The molecular formula is C23H37N3O6. The lowest BCUT2D eigenvalue weighted by Crippen LogP contribution is -2.60. The van der Waals surface area contributed by atoms with E-state index in [2.05, 4.69) is 56.2 Å². The molecule has 1 aromatic heterocycles. The lowest BCUT2D eigenvalue weighted by Gasteiger charge is -2.39. The van der Waals surface area contributed by atoms with Crippen LogP contribution in [0.4, 0.5) is 0 Å². The molecule has 1 aliphatic heterocycles. The van der Waals surface area contributed by atoms with Crippen molar-refractivity contribution in [2.75, 3.05) is 6.61 Å². The quantitative estimate of drug-likeness (QED) is 0.375. The predicted octanol–water partition coefficient (Wildman–Crippen LogP) is 1.88. The lowest BCUT2D eigenvalue weighted by atomic mass is 9.99. The van der Waals surface area contributed by atoms with Crippen molar-refractivity contribution in [3.05, 3.63) is 41.1 Å². The molecule has 9 nitrogen and oxygen atoms in total. The maximum atomic E-state index is 10.0. The molecule has 1 aliphatic rings. The predicted molar refractivity (Wildman–Crippen MR) is 120 cm³/mol. The number of aliphatic hydroxyl groups excluding tert-OH is 4. The van der Waals surface area contributed by atoms with E-state index in [1.54, 1.807) is 10.9 Å². The van der Waals surface area contributed by atoms with Crippen LogP contribution in [0.3, 0.4) is 0 Å². The Bertz CT molecular complexity index is 797. The normalized spacial score (nSPS) is 26.8. The minimum absolute atomic E-state index is 0.107. The molecule has 0 amide bonds.